The first kappa shape index (κ1) is 23.5. The molecule has 0 bridgehead atoms. The lowest BCUT2D eigenvalue weighted by molar-refractivity contribution is -0.137. The van der Waals surface area contributed by atoms with Crippen molar-refractivity contribution in [2.24, 2.45) is 5.92 Å². The van der Waals surface area contributed by atoms with Crippen molar-refractivity contribution in [3.05, 3.63) is 83.9 Å². The largest absolute Gasteiger partial charge is 0.416 e. The van der Waals surface area contributed by atoms with Crippen LogP contribution in [0.1, 0.15) is 48.0 Å². The lowest BCUT2D eigenvalue weighted by Crippen LogP contribution is -2.26. The van der Waals surface area contributed by atoms with Crippen molar-refractivity contribution in [1.82, 2.24) is 0 Å². The van der Waals surface area contributed by atoms with Gasteiger partial charge in [0, 0.05) is 11.6 Å². The lowest BCUT2D eigenvalue weighted by atomic mass is 9.88. The van der Waals surface area contributed by atoms with Crippen molar-refractivity contribution < 1.29 is 22.8 Å². The second-order valence-corrected chi connectivity index (χ2v) is 8.48. The number of halogens is 3. The molecule has 1 aliphatic rings. The normalized spacial score (nSPS) is 14.4. The molecule has 0 atom stereocenters. The van der Waals surface area contributed by atoms with Crippen molar-refractivity contribution >= 4 is 23.2 Å². The fourth-order valence-corrected chi connectivity index (χ4v) is 4.22. The van der Waals surface area contributed by atoms with Gasteiger partial charge in [-0.1, -0.05) is 55.7 Å². The van der Waals surface area contributed by atoms with Gasteiger partial charge in [0.2, 0.25) is 5.91 Å². The fourth-order valence-electron chi connectivity index (χ4n) is 4.22. The smallest absolute Gasteiger partial charge is 0.325 e. The molecule has 7 heteroatoms. The van der Waals surface area contributed by atoms with Crippen molar-refractivity contribution in [2.75, 3.05) is 10.6 Å². The van der Waals surface area contributed by atoms with Crippen LogP contribution in [0.4, 0.5) is 24.5 Å². The Morgan fingerprint density at radius 1 is 0.765 bits per heavy atom. The molecule has 0 aliphatic heterocycles. The van der Waals surface area contributed by atoms with E-state index in [1.54, 1.807) is 48.5 Å². The molecule has 0 unspecified atom stereocenters. The minimum Gasteiger partial charge on any atom is -0.325 e. The maximum Gasteiger partial charge on any atom is 0.416 e. The number of nitrogens with one attached hydrogen (secondary N) is 2. The standard InChI is InChI=1S/C27H25F3N2O2/c28-27(29,30)21-15-13-18(14-16-21)20-9-6-10-22(17-20)31-26(34)23-11-4-5-12-24(23)32-25(33)19-7-2-1-3-8-19/h4-6,9-17,19H,1-3,7-8H2,(H,31,34)(H,32,33). The van der Waals surface area contributed by atoms with Crippen molar-refractivity contribution in [3.8, 4) is 11.1 Å². The van der Waals surface area contributed by atoms with E-state index in [2.05, 4.69) is 10.6 Å². The zero-order valence-corrected chi connectivity index (χ0v) is 18.5. The van der Waals surface area contributed by atoms with Gasteiger partial charge in [0.15, 0.2) is 0 Å². The number of hydrogen-bond donors (Lipinski definition) is 2. The number of hydrogen-bond acceptors (Lipinski definition) is 2. The van der Waals surface area contributed by atoms with E-state index in [1.807, 2.05) is 0 Å². The maximum absolute atomic E-state index is 13.0. The minimum absolute atomic E-state index is 0.0368. The zero-order chi connectivity index (χ0) is 24.1. The first-order chi connectivity index (χ1) is 16.3. The maximum atomic E-state index is 13.0. The molecule has 4 nitrogen and oxygen atoms in total. The Morgan fingerprint density at radius 3 is 2.18 bits per heavy atom. The van der Waals surface area contributed by atoms with E-state index in [1.165, 1.54) is 12.1 Å². The van der Waals surface area contributed by atoms with Crippen LogP contribution in [-0.4, -0.2) is 11.8 Å². The minimum atomic E-state index is -4.39. The van der Waals surface area contributed by atoms with Gasteiger partial charge in [0.05, 0.1) is 16.8 Å². The summed E-state index contributed by atoms with van der Waals surface area (Å²) in [4.78, 5) is 25.7. The van der Waals surface area contributed by atoms with Crippen LogP contribution in [0.15, 0.2) is 72.8 Å². The van der Waals surface area contributed by atoms with Crippen LogP contribution in [0.2, 0.25) is 0 Å². The third-order valence-electron chi connectivity index (χ3n) is 6.07. The van der Waals surface area contributed by atoms with Gasteiger partial charge in [-0.05, 0) is 60.4 Å². The summed E-state index contributed by atoms with van der Waals surface area (Å²) in [5.41, 5.74) is 1.85. The molecular formula is C27H25F3N2O2. The quantitative estimate of drug-likeness (QED) is 0.420. The van der Waals surface area contributed by atoms with E-state index in [0.29, 0.717) is 28.1 Å². The summed E-state index contributed by atoms with van der Waals surface area (Å²) in [5, 5.41) is 5.74. The third kappa shape index (κ3) is 5.65. The summed E-state index contributed by atoms with van der Waals surface area (Å²) in [6.45, 7) is 0. The zero-order valence-electron chi connectivity index (χ0n) is 18.5. The van der Waals surface area contributed by atoms with Crippen LogP contribution in [0.25, 0.3) is 11.1 Å². The Kier molecular flexibility index (Phi) is 7.01. The summed E-state index contributed by atoms with van der Waals surface area (Å²) in [7, 11) is 0. The van der Waals surface area contributed by atoms with E-state index in [-0.39, 0.29) is 17.7 Å². The van der Waals surface area contributed by atoms with Crippen molar-refractivity contribution in [1.29, 1.82) is 0 Å². The molecule has 3 aromatic rings. The molecule has 1 aliphatic carbocycles. The Balaban J connectivity index is 1.49. The third-order valence-corrected chi connectivity index (χ3v) is 6.07. The summed E-state index contributed by atoms with van der Waals surface area (Å²) < 4.78 is 38.5. The van der Waals surface area contributed by atoms with Crippen molar-refractivity contribution in [2.45, 2.75) is 38.3 Å². The first-order valence-electron chi connectivity index (χ1n) is 11.3. The van der Waals surface area contributed by atoms with Gasteiger partial charge in [-0.2, -0.15) is 13.2 Å². The monoisotopic (exact) mass is 466 g/mol. The Hall–Kier alpha value is -3.61. The Morgan fingerprint density at radius 2 is 1.47 bits per heavy atom. The highest BCUT2D eigenvalue weighted by Crippen LogP contribution is 2.32. The summed E-state index contributed by atoms with van der Waals surface area (Å²) >= 11 is 0. The molecule has 0 radical (unpaired) electrons. The number of anilines is 2. The van der Waals surface area contributed by atoms with Crippen molar-refractivity contribution in [3.63, 3.8) is 0 Å². The predicted octanol–water partition coefficient (Wildman–Crippen LogP) is 7.14. The number of benzene rings is 3. The van der Waals surface area contributed by atoms with Gasteiger partial charge >= 0.3 is 6.18 Å². The second-order valence-electron chi connectivity index (χ2n) is 8.48. The molecule has 176 valence electrons. The highest BCUT2D eigenvalue weighted by molar-refractivity contribution is 6.10. The number of rotatable bonds is 5. The average Bonchev–Trinajstić information content (AvgIpc) is 2.84. The van der Waals surface area contributed by atoms with E-state index in [4.69, 9.17) is 0 Å². The molecule has 0 aromatic heterocycles. The number of para-hydroxylation sites is 1. The average molecular weight is 467 g/mol. The van der Waals surface area contributed by atoms with Crippen LogP contribution < -0.4 is 10.6 Å². The molecule has 1 fully saturated rings. The number of amides is 2. The van der Waals surface area contributed by atoms with E-state index < -0.39 is 11.7 Å². The van der Waals surface area contributed by atoms with Crippen LogP contribution in [0, 0.1) is 5.92 Å². The van der Waals surface area contributed by atoms with Gasteiger partial charge in [-0.25, -0.2) is 0 Å². The number of alkyl halides is 3. The molecule has 0 heterocycles. The van der Waals surface area contributed by atoms with Gasteiger partial charge in [0.25, 0.3) is 5.91 Å². The highest BCUT2D eigenvalue weighted by atomic mass is 19.4. The SMILES string of the molecule is O=C(Nc1cccc(-c2ccc(C(F)(F)F)cc2)c1)c1ccccc1NC(=O)C1CCCCC1. The van der Waals surface area contributed by atoms with E-state index in [9.17, 15) is 22.8 Å². The van der Waals surface area contributed by atoms with Crippen LogP contribution in [-0.2, 0) is 11.0 Å². The van der Waals surface area contributed by atoms with E-state index in [0.717, 1.165) is 44.2 Å². The molecule has 4 rings (SSSR count). The molecular weight excluding hydrogens is 441 g/mol. The fraction of sp³-hybridized carbons (Fsp3) is 0.259. The summed E-state index contributed by atoms with van der Waals surface area (Å²) in [6.07, 6.45) is 0.543. The molecule has 2 N–H and O–H groups in total. The molecule has 1 saturated carbocycles. The first-order valence-corrected chi connectivity index (χ1v) is 11.3. The summed E-state index contributed by atoms with van der Waals surface area (Å²) in [6, 6.07) is 18.6. The Bertz CT molecular complexity index is 1170. The van der Waals surface area contributed by atoms with Crippen LogP contribution in [0.3, 0.4) is 0 Å². The number of carbonyl (C=O) groups excluding carboxylic acids is 2. The van der Waals surface area contributed by atoms with Gasteiger partial charge < -0.3 is 10.6 Å². The second kappa shape index (κ2) is 10.1. The topological polar surface area (TPSA) is 58.2 Å². The summed E-state index contributed by atoms with van der Waals surface area (Å²) in [5.74, 6) is -0.487. The molecule has 34 heavy (non-hydrogen) atoms. The van der Waals surface area contributed by atoms with Gasteiger partial charge in [-0.3, -0.25) is 9.59 Å². The molecule has 2 amide bonds. The molecule has 3 aromatic carbocycles. The van der Waals surface area contributed by atoms with Gasteiger partial charge in [-0.15, -0.1) is 0 Å². The molecule has 0 spiro atoms. The Labute approximate surface area is 196 Å². The van der Waals surface area contributed by atoms with Crippen LogP contribution in [0.5, 0.6) is 0 Å². The van der Waals surface area contributed by atoms with Crippen LogP contribution >= 0.6 is 0 Å². The highest BCUT2D eigenvalue weighted by Gasteiger charge is 2.30. The van der Waals surface area contributed by atoms with Gasteiger partial charge in [0.1, 0.15) is 0 Å². The lowest BCUT2D eigenvalue weighted by Gasteiger charge is -2.21. The van der Waals surface area contributed by atoms with E-state index >= 15 is 0 Å². The number of carbonyl (C=O) groups is 2. The molecule has 0 saturated heterocycles. The predicted molar refractivity (Wildman–Crippen MR) is 126 cm³/mol.